The molecule has 5 heterocycles. The van der Waals surface area contributed by atoms with E-state index in [-0.39, 0.29) is 23.9 Å². The quantitative estimate of drug-likeness (QED) is 0.382. The summed E-state index contributed by atoms with van der Waals surface area (Å²) in [6, 6.07) is 9.95. The number of carbonyl (C=O) groups is 2. The summed E-state index contributed by atoms with van der Waals surface area (Å²) >= 11 is 0. The zero-order chi connectivity index (χ0) is 26.1. The van der Waals surface area contributed by atoms with E-state index in [1.807, 2.05) is 24.3 Å². The second-order valence-corrected chi connectivity index (χ2v) is 9.42. The van der Waals surface area contributed by atoms with E-state index >= 15 is 4.39 Å². The first-order chi connectivity index (χ1) is 18.4. The molecule has 0 fully saturated rings. The van der Waals surface area contributed by atoms with Crippen molar-refractivity contribution in [2.24, 2.45) is 0 Å². The summed E-state index contributed by atoms with van der Waals surface area (Å²) in [4.78, 5) is 39.3. The fraction of sp³-hybridized carbons (Fsp3) is 0.148. The van der Waals surface area contributed by atoms with Crippen LogP contribution in [0, 0.1) is 5.82 Å². The standard InChI is InChI=1S/C27H20FN7O3/c1-34(27(37)17-7-20-19(8-18(17)28)32-25(29)21-10-30-12-35(20)21)22-11-38-23-5-13(2-3-16(22)23)15-4-14-6-24(36)33-26(14)31-9-15/h2-5,7-10,12,22H,6,11H2,1H3,(H2,29,32)(H,31,33,36). The molecule has 188 valence electrons. The SMILES string of the molecule is CN(C(=O)c1cc2c(cc1F)nc(N)c1cncn12)C1COc2cc(-c3cnc4c(c3)CC(=O)N4)ccc21. The average Bonchev–Trinajstić information content (AvgIpc) is 3.64. The van der Waals surface area contributed by atoms with Crippen LogP contribution in [-0.4, -0.2) is 49.7 Å². The largest absolute Gasteiger partial charge is 0.491 e. The highest BCUT2D eigenvalue weighted by molar-refractivity contribution is 5.99. The lowest BCUT2D eigenvalue weighted by molar-refractivity contribution is -0.115. The second-order valence-electron chi connectivity index (χ2n) is 9.42. The van der Waals surface area contributed by atoms with E-state index in [2.05, 4.69) is 20.3 Å². The van der Waals surface area contributed by atoms with E-state index in [0.29, 0.717) is 34.5 Å². The topological polar surface area (TPSA) is 128 Å². The molecule has 3 aromatic heterocycles. The Kier molecular flexibility index (Phi) is 4.65. The van der Waals surface area contributed by atoms with Gasteiger partial charge in [0, 0.05) is 36.0 Å². The summed E-state index contributed by atoms with van der Waals surface area (Å²) in [7, 11) is 1.63. The third-order valence-electron chi connectivity index (χ3n) is 7.16. The van der Waals surface area contributed by atoms with Crippen molar-refractivity contribution in [1.82, 2.24) is 24.3 Å². The van der Waals surface area contributed by atoms with Gasteiger partial charge in [-0.1, -0.05) is 12.1 Å². The smallest absolute Gasteiger partial charge is 0.257 e. The first-order valence-corrected chi connectivity index (χ1v) is 11.9. The predicted octanol–water partition coefficient (Wildman–Crippen LogP) is 3.37. The Balaban J connectivity index is 1.20. The molecule has 2 aliphatic heterocycles. The number of pyridine rings is 1. The highest BCUT2D eigenvalue weighted by Gasteiger charge is 2.32. The molecule has 0 saturated carbocycles. The Labute approximate surface area is 214 Å². The highest BCUT2D eigenvalue weighted by atomic mass is 19.1. The number of anilines is 2. The number of nitrogens with one attached hydrogen (secondary N) is 1. The van der Waals surface area contributed by atoms with Gasteiger partial charge in [0.25, 0.3) is 5.91 Å². The van der Waals surface area contributed by atoms with E-state index in [0.717, 1.165) is 22.3 Å². The van der Waals surface area contributed by atoms with E-state index < -0.39 is 17.8 Å². The molecular weight excluding hydrogens is 489 g/mol. The number of rotatable bonds is 3. The van der Waals surface area contributed by atoms with E-state index in [1.54, 1.807) is 30.2 Å². The number of hydrogen-bond donors (Lipinski definition) is 2. The molecule has 2 amide bonds. The summed E-state index contributed by atoms with van der Waals surface area (Å²) in [5.41, 5.74) is 10.7. The van der Waals surface area contributed by atoms with Gasteiger partial charge in [-0.25, -0.2) is 19.3 Å². The lowest BCUT2D eigenvalue weighted by Crippen LogP contribution is -2.32. The predicted molar refractivity (Wildman–Crippen MR) is 137 cm³/mol. The molecule has 0 saturated heterocycles. The number of benzene rings is 2. The van der Waals surface area contributed by atoms with Gasteiger partial charge in [0.05, 0.1) is 41.6 Å². The molecule has 5 aromatic rings. The number of amides is 2. The fourth-order valence-electron chi connectivity index (χ4n) is 5.15. The second kappa shape index (κ2) is 7.97. The monoisotopic (exact) mass is 509 g/mol. The van der Waals surface area contributed by atoms with Gasteiger partial charge in [-0.3, -0.25) is 14.0 Å². The third-order valence-corrected chi connectivity index (χ3v) is 7.16. The van der Waals surface area contributed by atoms with Crippen LogP contribution in [0.15, 0.2) is 55.1 Å². The molecule has 3 N–H and O–H groups in total. The summed E-state index contributed by atoms with van der Waals surface area (Å²) in [5.74, 6) is 0.207. The molecule has 2 aromatic carbocycles. The van der Waals surface area contributed by atoms with Crippen LogP contribution < -0.4 is 15.8 Å². The van der Waals surface area contributed by atoms with Gasteiger partial charge in [-0.2, -0.15) is 0 Å². The van der Waals surface area contributed by atoms with Crippen LogP contribution in [0.4, 0.5) is 16.0 Å². The Hall–Kier alpha value is -5.06. The molecule has 38 heavy (non-hydrogen) atoms. The number of nitrogen functional groups attached to an aromatic ring is 1. The average molecular weight is 510 g/mol. The summed E-state index contributed by atoms with van der Waals surface area (Å²) in [6.07, 6.45) is 5.12. The van der Waals surface area contributed by atoms with Gasteiger partial charge < -0.3 is 20.7 Å². The number of fused-ring (bicyclic) bond motifs is 5. The number of ether oxygens (including phenoxy) is 1. The number of carbonyl (C=O) groups excluding carboxylic acids is 2. The molecule has 0 aliphatic carbocycles. The first kappa shape index (κ1) is 22.2. The number of imidazole rings is 1. The van der Waals surface area contributed by atoms with E-state index in [4.69, 9.17) is 10.5 Å². The van der Waals surface area contributed by atoms with E-state index in [9.17, 15) is 9.59 Å². The maximum atomic E-state index is 15.1. The van der Waals surface area contributed by atoms with Crippen molar-refractivity contribution >= 4 is 40.0 Å². The maximum Gasteiger partial charge on any atom is 0.257 e. The molecule has 0 radical (unpaired) electrons. The zero-order valence-corrected chi connectivity index (χ0v) is 20.1. The van der Waals surface area contributed by atoms with Crippen LogP contribution >= 0.6 is 0 Å². The van der Waals surface area contributed by atoms with Gasteiger partial charge >= 0.3 is 0 Å². The van der Waals surface area contributed by atoms with Crippen LogP contribution in [0.1, 0.15) is 27.5 Å². The number of likely N-dealkylation sites (N-methyl/N-ethyl adjacent to an activating group) is 1. The normalized spacial score (nSPS) is 15.8. The van der Waals surface area contributed by atoms with Crippen molar-refractivity contribution < 1.29 is 18.7 Å². The van der Waals surface area contributed by atoms with Crippen LogP contribution in [0.25, 0.3) is 27.7 Å². The van der Waals surface area contributed by atoms with Crippen molar-refractivity contribution in [3.05, 3.63) is 77.6 Å². The molecular formula is C27H20FN7O3. The molecule has 2 aliphatic rings. The van der Waals surface area contributed by atoms with Gasteiger partial charge in [-0.05, 0) is 23.8 Å². The molecule has 7 rings (SSSR count). The third kappa shape index (κ3) is 3.28. The van der Waals surface area contributed by atoms with Gasteiger partial charge in [-0.15, -0.1) is 0 Å². The number of nitrogens with two attached hydrogens (primary N) is 1. The van der Waals surface area contributed by atoms with E-state index in [1.165, 1.54) is 17.0 Å². The van der Waals surface area contributed by atoms with Gasteiger partial charge in [0.15, 0.2) is 0 Å². The molecule has 1 unspecified atom stereocenters. The highest BCUT2D eigenvalue weighted by Crippen LogP contribution is 2.39. The van der Waals surface area contributed by atoms with Gasteiger partial charge in [0.1, 0.15) is 35.3 Å². The zero-order valence-electron chi connectivity index (χ0n) is 20.1. The van der Waals surface area contributed by atoms with Crippen molar-refractivity contribution in [1.29, 1.82) is 0 Å². The van der Waals surface area contributed by atoms with Crippen LogP contribution in [0.2, 0.25) is 0 Å². The number of hydrogen-bond acceptors (Lipinski definition) is 7. The summed E-state index contributed by atoms with van der Waals surface area (Å²) in [5, 5.41) is 2.73. The van der Waals surface area contributed by atoms with Gasteiger partial charge in [0.2, 0.25) is 5.91 Å². The Morgan fingerprint density at radius 3 is 2.92 bits per heavy atom. The molecule has 11 heteroatoms. The van der Waals surface area contributed by atoms with Crippen molar-refractivity contribution in [2.75, 3.05) is 24.7 Å². The molecule has 10 nitrogen and oxygen atoms in total. The van der Waals surface area contributed by atoms with Crippen molar-refractivity contribution in [3.63, 3.8) is 0 Å². The van der Waals surface area contributed by atoms with Crippen LogP contribution in [0.5, 0.6) is 5.75 Å². The lowest BCUT2D eigenvalue weighted by atomic mass is 10.00. The minimum Gasteiger partial charge on any atom is -0.491 e. The Morgan fingerprint density at radius 2 is 2.05 bits per heavy atom. The molecule has 1 atom stereocenters. The molecule has 0 spiro atoms. The maximum absolute atomic E-state index is 15.1. The fourth-order valence-corrected chi connectivity index (χ4v) is 5.15. The number of nitrogens with zero attached hydrogens (tertiary/aromatic N) is 5. The van der Waals surface area contributed by atoms with Crippen LogP contribution in [0.3, 0.4) is 0 Å². The summed E-state index contributed by atoms with van der Waals surface area (Å²) < 4.78 is 22.7. The van der Waals surface area contributed by atoms with Crippen LogP contribution in [-0.2, 0) is 11.2 Å². The molecule has 0 bridgehead atoms. The Bertz CT molecular complexity index is 1830. The summed E-state index contributed by atoms with van der Waals surface area (Å²) in [6.45, 7) is 0.237. The van der Waals surface area contributed by atoms with Crippen molar-refractivity contribution in [2.45, 2.75) is 12.5 Å². The Morgan fingerprint density at radius 1 is 1.18 bits per heavy atom. The number of aromatic nitrogens is 4. The van der Waals surface area contributed by atoms with Crippen molar-refractivity contribution in [3.8, 4) is 16.9 Å². The minimum absolute atomic E-state index is 0.0739. The minimum atomic E-state index is -0.688. The number of halogens is 1. The first-order valence-electron chi connectivity index (χ1n) is 11.9. The lowest BCUT2D eigenvalue weighted by Gasteiger charge is -2.24.